The average Bonchev–Trinajstić information content (AvgIpc) is 2.24. The zero-order chi connectivity index (χ0) is 14.1. The van der Waals surface area contributed by atoms with E-state index in [0.717, 1.165) is 6.07 Å². The molecule has 0 heterocycles. The summed E-state index contributed by atoms with van der Waals surface area (Å²) in [6, 6.07) is 2.48. The van der Waals surface area contributed by atoms with Gasteiger partial charge >= 0.3 is 12.4 Å². The second-order valence-corrected chi connectivity index (χ2v) is 3.52. The van der Waals surface area contributed by atoms with Crippen LogP contribution in [0.15, 0.2) is 12.1 Å². The maximum Gasteiger partial charge on any atom is 0.417 e. The van der Waals surface area contributed by atoms with E-state index in [1.807, 2.05) is 0 Å². The normalized spacial score (nSPS) is 12.3. The van der Waals surface area contributed by atoms with Crippen LogP contribution in [0.3, 0.4) is 0 Å². The fourth-order valence-corrected chi connectivity index (χ4v) is 1.60. The van der Waals surface area contributed by atoms with Gasteiger partial charge in [0.2, 0.25) is 0 Å². The van der Waals surface area contributed by atoms with Crippen molar-refractivity contribution in [3.63, 3.8) is 0 Å². The van der Waals surface area contributed by atoms with Gasteiger partial charge in [-0.3, -0.25) is 0 Å². The molecular formula is C11H7F6N. The number of nitriles is 1. The van der Waals surface area contributed by atoms with E-state index in [1.54, 1.807) is 0 Å². The quantitative estimate of drug-likeness (QED) is 0.701. The van der Waals surface area contributed by atoms with E-state index in [0.29, 0.717) is 0 Å². The summed E-state index contributed by atoms with van der Waals surface area (Å²) >= 11 is 0. The topological polar surface area (TPSA) is 23.8 Å². The third-order valence-corrected chi connectivity index (χ3v) is 2.32. The van der Waals surface area contributed by atoms with Gasteiger partial charge < -0.3 is 0 Å². The van der Waals surface area contributed by atoms with Crippen LogP contribution in [-0.4, -0.2) is 0 Å². The zero-order valence-electron chi connectivity index (χ0n) is 9.08. The van der Waals surface area contributed by atoms with Crippen LogP contribution in [-0.2, 0) is 18.8 Å². The number of hydrogen-bond acceptors (Lipinski definition) is 1. The third-order valence-electron chi connectivity index (χ3n) is 2.32. The van der Waals surface area contributed by atoms with Crippen molar-refractivity contribution < 1.29 is 26.3 Å². The van der Waals surface area contributed by atoms with Gasteiger partial charge in [0.1, 0.15) is 0 Å². The van der Waals surface area contributed by atoms with Crippen molar-refractivity contribution in [2.45, 2.75) is 25.7 Å². The minimum Gasteiger partial charge on any atom is -0.192 e. The lowest BCUT2D eigenvalue weighted by Crippen LogP contribution is -2.19. The fourth-order valence-electron chi connectivity index (χ4n) is 1.60. The Morgan fingerprint density at radius 3 is 1.94 bits per heavy atom. The van der Waals surface area contributed by atoms with Gasteiger partial charge in [0, 0.05) is 0 Å². The molecule has 0 N–H and O–H groups in total. The van der Waals surface area contributed by atoms with Gasteiger partial charge in [-0.15, -0.1) is 0 Å². The van der Waals surface area contributed by atoms with Crippen LogP contribution in [0.2, 0.25) is 0 Å². The smallest absolute Gasteiger partial charge is 0.192 e. The molecule has 0 fully saturated rings. The maximum atomic E-state index is 12.7. The fraction of sp³-hybridized carbons (Fsp3) is 0.364. The molecule has 0 saturated heterocycles. The molecule has 0 aliphatic carbocycles. The molecule has 1 rings (SSSR count). The first-order valence-electron chi connectivity index (χ1n) is 4.82. The highest BCUT2D eigenvalue weighted by Gasteiger charge is 2.44. The van der Waals surface area contributed by atoms with Crippen molar-refractivity contribution in [1.29, 1.82) is 5.26 Å². The number of benzene rings is 1. The molecule has 1 aromatic rings. The molecule has 0 spiro atoms. The maximum absolute atomic E-state index is 12.7. The van der Waals surface area contributed by atoms with Crippen LogP contribution in [0, 0.1) is 11.3 Å². The predicted molar refractivity (Wildman–Crippen MR) is 50.5 cm³/mol. The summed E-state index contributed by atoms with van der Waals surface area (Å²) < 4.78 is 75.8. The molecule has 0 amide bonds. The summed E-state index contributed by atoms with van der Waals surface area (Å²) in [6.45, 7) is 1.30. The first kappa shape index (κ1) is 14.4. The molecule has 0 bridgehead atoms. The molecule has 0 saturated carbocycles. The van der Waals surface area contributed by atoms with Gasteiger partial charge in [-0.1, -0.05) is 6.92 Å². The summed E-state index contributed by atoms with van der Waals surface area (Å²) in [5, 5.41) is 8.54. The van der Waals surface area contributed by atoms with Crippen molar-refractivity contribution >= 4 is 0 Å². The lowest BCUT2D eigenvalue weighted by atomic mass is 9.95. The standard InChI is InChI=1S/C11H7F6N/c1-2-7-3-6(5-18)4-8(10(12,13)14)9(7)11(15,16)17/h3-4H,2H2,1H3. The molecule has 98 valence electrons. The molecule has 1 aromatic carbocycles. The van der Waals surface area contributed by atoms with E-state index in [4.69, 9.17) is 5.26 Å². The highest BCUT2D eigenvalue weighted by Crippen LogP contribution is 2.42. The summed E-state index contributed by atoms with van der Waals surface area (Å²) in [4.78, 5) is 0. The molecule has 0 radical (unpaired) electrons. The van der Waals surface area contributed by atoms with Crippen LogP contribution < -0.4 is 0 Å². The summed E-state index contributed by atoms with van der Waals surface area (Å²) in [6.07, 6.45) is -10.5. The monoisotopic (exact) mass is 267 g/mol. The molecule has 0 aromatic heterocycles. The SMILES string of the molecule is CCc1cc(C#N)cc(C(F)(F)F)c1C(F)(F)F. The number of rotatable bonds is 1. The lowest BCUT2D eigenvalue weighted by molar-refractivity contribution is -0.162. The average molecular weight is 267 g/mol. The van der Waals surface area contributed by atoms with Crippen molar-refractivity contribution in [3.05, 3.63) is 34.4 Å². The van der Waals surface area contributed by atoms with Gasteiger partial charge in [0.15, 0.2) is 0 Å². The van der Waals surface area contributed by atoms with Gasteiger partial charge in [-0.2, -0.15) is 31.6 Å². The van der Waals surface area contributed by atoms with E-state index in [9.17, 15) is 26.3 Å². The zero-order valence-corrected chi connectivity index (χ0v) is 9.08. The third kappa shape index (κ3) is 2.75. The first-order chi connectivity index (χ1) is 8.11. The van der Waals surface area contributed by atoms with Crippen molar-refractivity contribution in [3.8, 4) is 6.07 Å². The van der Waals surface area contributed by atoms with Gasteiger partial charge in [-0.05, 0) is 24.1 Å². The number of hydrogen-bond donors (Lipinski definition) is 0. The Morgan fingerprint density at radius 1 is 1.06 bits per heavy atom. The molecule has 7 heteroatoms. The van der Waals surface area contributed by atoms with Crippen molar-refractivity contribution in [2.24, 2.45) is 0 Å². The van der Waals surface area contributed by atoms with Crippen LogP contribution in [0.5, 0.6) is 0 Å². The molecule has 0 aliphatic heterocycles. The number of alkyl halides is 6. The van der Waals surface area contributed by atoms with Crippen LogP contribution in [0.25, 0.3) is 0 Å². The molecule has 0 atom stereocenters. The van der Waals surface area contributed by atoms with Gasteiger partial charge in [0.25, 0.3) is 0 Å². The minimum absolute atomic E-state index is 0.224. The van der Waals surface area contributed by atoms with E-state index in [2.05, 4.69) is 0 Å². The number of halogens is 6. The minimum atomic E-state index is -5.15. The molecule has 18 heavy (non-hydrogen) atoms. The number of aryl methyl sites for hydroxylation is 1. The highest BCUT2D eigenvalue weighted by molar-refractivity contribution is 5.46. The van der Waals surface area contributed by atoms with Crippen molar-refractivity contribution in [1.82, 2.24) is 0 Å². The lowest BCUT2D eigenvalue weighted by Gasteiger charge is -2.19. The first-order valence-corrected chi connectivity index (χ1v) is 4.82. The van der Waals surface area contributed by atoms with Crippen LogP contribution in [0.4, 0.5) is 26.3 Å². The molecular weight excluding hydrogens is 260 g/mol. The van der Waals surface area contributed by atoms with E-state index in [1.165, 1.54) is 13.0 Å². The Balaban J connectivity index is 3.71. The second kappa shape index (κ2) is 4.52. The molecule has 1 nitrogen and oxygen atoms in total. The Kier molecular flexibility index (Phi) is 3.60. The largest absolute Gasteiger partial charge is 0.417 e. The summed E-state index contributed by atoms with van der Waals surface area (Å²) in [5.41, 5.74) is -4.50. The van der Waals surface area contributed by atoms with Gasteiger partial charge in [0.05, 0.1) is 22.8 Å². The second-order valence-electron chi connectivity index (χ2n) is 3.52. The van der Waals surface area contributed by atoms with Gasteiger partial charge in [-0.25, -0.2) is 0 Å². The number of nitrogens with zero attached hydrogens (tertiary/aromatic N) is 1. The molecule has 0 aliphatic rings. The summed E-state index contributed by atoms with van der Waals surface area (Å²) in [5.74, 6) is 0. The Hall–Kier alpha value is -1.71. The Labute approximate surface area is 98.6 Å². The van der Waals surface area contributed by atoms with Crippen molar-refractivity contribution in [2.75, 3.05) is 0 Å². The Morgan fingerprint density at radius 2 is 1.61 bits per heavy atom. The van der Waals surface area contributed by atoms with E-state index in [-0.39, 0.29) is 12.5 Å². The van der Waals surface area contributed by atoms with E-state index < -0.39 is 34.6 Å². The van der Waals surface area contributed by atoms with Crippen LogP contribution >= 0.6 is 0 Å². The summed E-state index contributed by atoms with van der Waals surface area (Å²) in [7, 11) is 0. The highest BCUT2D eigenvalue weighted by atomic mass is 19.4. The Bertz CT molecular complexity index is 492. The molecule has 0 unspecified atom stereocenters. The van der Waals surface area contributed by atoms with Crippen LogP contribution in [0.1, 0.15) is 29.2 Å². The predicted octanol–water partition coefficient (Wildman–Crippen LogP) is 4.16. The van der Waals surface area contributed by atoms with E-state index >= 15 is 0 Å².